The predicted octanol–water partition coefficient (Wildman–Crippen LogP) is 3.01. The zero-order valence-electron chi connectivity index (χ0n) is 15.2. The van der Waals surface area contributed by atoms with Crippen molar-refractivity contribution in [3.63, 3.8) is 0 Å². The van der Waals surface area contributed by atoms with E-state index in [9.17, 15) is 9.59 Å². The molecule has 0 aromatic heterocycles. The molecule has 1 aromatic rings. The largest absolute Gasteiger partial charge is 0.366 e. The van der Waals surface area contributed by atoms with Crippen molar-refractivity contribution in [2.75, 3.05) is 36.4 Å². The minimum absolute atomic E-state index is 0.111. The van der Waals surface area contributed by atoms with E-state index in [4.69, 9.17) is 23.8 Å². The molecule has 26 heavy (non-hydrogen) atoms. The average molecular weight is 397 g/mol. The number of rotatable bonds is 5. The monoisotopic (exact) mass is 396 g/mol. The summed E-state index contributed by atoms with van der Waals surface area (Å²) in [5, 5.41) is 6.59. The third-order valence-electron chi connectivity index (χ3n) is 4.21. The number of anilines is 2. The quantitative estimate of drug-likeness (QED) is 0.749. The molecule has 0 bridgehead atoms. The smallest absolute Gasteiger partial charge is 0.226 e. The maximum Gasteiger partial charge on any atom is 0.226 e. The topological polar surface area (TPSA) is 64.7 Å². The molecule has 0 radical (unpaired) electrons. The number of carbonyl (C=O) groups is 2. The van der Waals surface area contributed by atoms with Gasteiger partial charge in [-0.3, -0.25) is 9.59 Å². The van der Waals surface area contributed by atoms with Gasteiger partial charge in [0, 0.05) is 44.0 Å². The summed E-state index contributed by atoms with van der Waals surface area (Å²) in [5.41, 5.74) is 1.69. The first-order valence-corrected chi connectivity index (χ1v) is 9.66. The summed E-state index contributed by atoms with van der Waals surface area (Å²) in [6.45, 7) is 6.66. The Morgan fingerprint density at radius 1 is 1.19 bits per heavy atom. The molecule has 8 heteroatoms. The van der Waals surface area contributed by atoms with Crippen molar-refractivity contribution in [3.05, 3.63) is 23.2 Å². The van der Waals surface area contributed by atoms with E-state index in [0.29, 0.717) is 31.0 Å². The number of benzene rings is 1. The molecule has 1 aromatic carbocycles. The molecule has 0 atom stereocenters. The van der Waals surface area contributed by atoms with Gasteiger partial charge in [0.1, 0.15) is 0 Å². The molecule has 1 heterocycles. The van der Waals surface area contributed by atoms with Crippen LogP contribution in [0.3, 0.4) is 0 Å². The number of carbonyl (C=O) groups excluding carboxylic acids is 2. The molecule has 2 amide bonds. The van der Waals surface area contributed by atoms with Crippen molar-refractivity contribution in [3.8, 4) is 0 Å². The minimum atomic E-state index is -0.111. The molecule has 1 fully saturated rings. The molecule has 1 saturated heterocycles. The Morgan fingerprint density at radius 2 is 1.88 bits per heavy atom. The second kappa shape index (κ2) is 9.73. The second-order valence-electron chi connectivity index (χ2n) is 6.14. The summed E-state index contributed by atoms with van der Waals surface area (Å²) in [7, 11) is 0. The van der Waals surface area contributed by atoms with Crippen molar-refractivity contribution >= 4 is 52.1 Å². The summed E-state index contributed by atoms with van der Waals surface area (Å²) in [6, 6.07) is 5.54. The zero-order chi connectivity index (χ0) is 19.1. The van der Waals surface area contributed by atoms with E-state index in [1.165, 1.54) is 0 Å². The number of thiocarbonyl (C=S) groups is 1. The van der Waals surface area contributed by atoms with Crippen LogP contribution < -0.4 is 15.5 Å². The summed E-state index contributed by atoms with van der Waals surface area (Å²) in [5.74, 6) is 0.0687. The van der Waals surface area contributed by atoms with Gasteiger partial charge in [-0.25, -0.2) is 0 Å². The molecule has 2 N–H and O–H groups in total. The molecule has 6 nitrogen and oxygen atoms in total. The van der Waals surface area contributed by atoms with Crippen LogP contribution in [0.25, 0.3) is 0 Å². The van der Waals surface area contributed by atoms with E-state index in [0.717, 1.165) is 30.9 Å². The van der Waals surface area contributed by atoms with Crippen LogP contribution in [0.2, 0.25) is 5.02 Å². The van der Waals surface area contributed by atoms with Crippen LogP contribution in [0.5, 0.6) is 0 Å². The summed E-state index contributed by atoms with van der Waals surface area (Å²) in [4.78, 5) is 27.6. The Labute approximate surface area is 164 Å². The van der Waals surface area contributed by atoms with E-state index < -0.39 is 0 Å². The van der Waals surface area contributed by atoms with Crippen LogP contribution in [0, 0.1) is 0 Å². The summed E-state index contributed by atoms with van der Waals surface area (Å²) in [6.07, 6.45) is 1.72. The fourth-order valence-corrected chi connectivity index (χ4v) is 3.27. The van der Waals surface area contributed by atoms with Crippen LogP contribution >= 0.6 is 23.8 Å². The molecule has 0 unspecified atom stereocenters. The van der Waals surface area contributed by atoms with Crippen LogP contribution in [0.15, 0.2) is 18.2 Å². The van der Waals surface area contributed by atoms with Gasteiger partial charge in [-0.15, -0.1) is 0 Å². The molecular formula is C18H25ClN4O2S. The second-order valence-corrected chi connectivity index (χ2v) is 6.98. The first-order chi connectivity index (χ1) is 12.4. The molecule has 142 valence electrons. The Morgan fingerprint density at radius 3 is 2.50 bits per heavy atom. The SMILES string of the molecule is CCCC(=O)NC(=S)Nc1cc(Cl)ccc1N1CCN(C(=O)CC)CC1. The van der Waals surface area contributed by atoms with Gasteiger partial charge in [0.25, 0.3) is 0 Å². The number of nitrogens with one attached hydrogen (secondary N) is 2. The lowest BCUT2D eigenvalue weighted by molar-refractivity contribution is -0.131. The number of hydrogen-bond acceptors (Lipinski definition) is 4. The lowest BCUT2D eigenvalue weighted by atomic mass is 10.2. The highest BCUT2D eigenvalue weighted by molar-refractivity contribution is 7.80. The van der Waals surface area contributed by atoms with Crippen molar-refractivity contribution in [1.82, 2.24) is 10.2 Å². The lowest BCUT2D eigenvalue weighted by Gasteiger charge is -2.37. The van der Waals surface area contributed by atoms with Crippen LogP contribution in [0.4, 0.5) is 11.4 Å². The number of piperazine rings is 1. The molecule has 1 aliphatic rings. The maximum absolute atomic E-state index is 11.8. The minimum Gasteiger partial charge on any atom is -0.366 e. The van der Waals surface area contributed by atoms with E-state index in [2.05, 4.69) is 15.5 Å². The number of amides is 2. The van der Waals surface area contributed by atoms with Gasteiger partial charge in [0.05, 0.1) is 11.4 Å². The van der Waals surface area contributed by atoms with Crippen molar-refractivity contribution in [1.29, 1.82) is 0 Å². The van der Waals surface area contributed by atoms with E-state index >= 15 is 0 Å². The number of nitrogens with zero attached hydrogens (tertiary/aromatic N) is 2. The molecule has 1 aliphatic heterocycles. The molecule has 0 spiro atoms. The van der Waals surface area contributed by atoms with Crippen LogP contribution in [0.1, 0.15) is 33.1 Å². The van der Waals surface area contributed by atoms with Gasteiger partial charge < -0.3 is 20.4 Å². The molecular weight excluding hydrogens is 372 g/mol. The Hall–Kier alpha value is -1.86. The van der Waals surface area contributed by atoms with Gasteiger partial charge in [0.2, 0.25) is 11.8 Å². The molecule has 0 aliphatic carbocycles. The summed E-state index contributed by atoms with van der Waals surface area (Å²) >= 11 is 11.4. The van der Waals surface area contributed by atoms with E-state index in [-0.39, 0.29) is 16.9 Å². The van der Waals surface area contributed by atoms with Crippen LogP contribution in [-0.4, -0.2) is 48.0 Å². The predicted molar refractivity (Wildman–Crippen MR) is 110 cm³/mol. The van der Waals surface area contributed by atoms with E-state index in [1.54, 1.807) is 6.07 Å². The first-order valence-electron chi connectivity index (χ1n) is 8.87. The average Bonchev–Trinajstić information content (AvgIpc) is 2.61. The fourth-order valence-electron chi connectivity index (χ4n) is 2.87. The van der Waals surface area contributed by atoms with Crippen LogP contribution in [-0.2, 0) is 9.59 Å². The van der Waals surface area contributed by atoms with Gasteiger partial charge in [-0.1, -0.05) is 25.4 Å². The highest BCUT2D eigenvalue weighted by Gasteiger charge is 2.22. The maximum atomic E-state index is 11.8. The van der Waals surface area contributed by atoms with Crippen molar-refractivity contribution < 1.29 is 9.59 Å². The number of hydrogen-bond donors (Lipinski definition) is 2. The Balaban J connectivity index is 2.07. The zero-order valence-corrected chi connectivity index (χ0v) is 16.8. The Kier molecular flexibility index (Phi) is 7.66. The van der Waals surface area contributed by atoms with E-state index in [1.807, 2.05) is 30.9 Å². The normalized spacial score (nSPS) is 14.1. The third kappa shape index (κ3) is 5.57. The lowest BCUT2D eigenvalue weighted by Crippen LogP contribution is -2.48. The van der Waals surface area contributed by atoms with Gasteiger partial charge >= 0.3 is 0 Å². The van der Waals surface area contributed by atoms with Gasteiger partial charge in [0.15, 0.2) is 5.11 Å². The summed E-state index contributed by atoms with van der Waals surface area (Å²) < 4.78 is 0. The molecule has 2 rings (SSSR count). The van der Waals surface area contributed by atoms with Crippen molar-refractivity contribution in [2.24, 2.45) is 0 Å². The third-order valence-corrected chi connectivity index (χ3v) is 4.65. The van der Waals surface area contributed by atoms with Gasteiger partial charge in [-0.2, -0.15) is 0 Å². The Bertz CT molecular complexity index is 675. The molecule has 0 saturated carbocycles. The first kappa shape index (κ1) is 20.5. The van der Waals surface area contributed by atoms with Gasteiger partial charge in [-0.05, 0) is 36.8 Å². The highest BCUT2D eigenvalue weighted by Crippen LogP contribution is 2.30. The highest BCUT2D eigenvalue weighted by atomic mass is 35.5. The standard InChI is InChI=1S/C18H25ClN4O2S/c1-3-5-16(24)21-18(26)20-14-12-13(19)6-7-15(14)22-8-10-23(11-9-22)17(25)4-2/h6-7,12H,3-5,8-11H2,1-2H3,(H2,20,21,24,26). The fraction of sp³-hybridized carbons (Fsp3) is 0.500. The number of halogens is 1. The van der Waals surface area contributed by atoms with Crippen molar-refractivity contribution in [2.45, 2.75) is 33.1 Å².